The number of hydrogen-bond donors (Lipinski definition) is 2. The predicted molar refractivity (Wildman–Crippen MR) is 122 cm³/mol. The van der Waals surface area contributed by atoms with Crippen LogP contribution in [0.15, 0.2) is 48.5 Å². The second-order valence-corrected chi connectivity index (χ2v) is 8.16. The SMILES string of the molecule is CCCCNC(=O)c1ccccc1NC(=O)C1CCN(C(=O)c2cccc(Cl)c2)CC1. The summed E-state index contributed by atoms with van der Waals surface area (Å²) in [5.41, 5.74) is 1.53. The van der Waals surface area contributed by atoms with Crippen LogP contribution in [0, 0.1) is 5.92 Å². The molecule has 0 unspecified atom stereocenters. The van der Waals surface area contributed by atoms with Crippen molar-refractivity contribution >= 4 is 35.0 Å². The summed E-state index contributed by atoms with van der Waals surface area (Å²) >= 11 is 5.99. The van der Waals surface area contributed by atoms with Gasteiger partial charge in [0.05, 0.1) is 11.3 Å². The van der Waals surface area contributed by atoms with E-state index in [1.807, 2.05) is 0 Å². The summed E-state index contributed by atoms with van der Waals surface area (Å²) in [6, 6.07) is 13.9. The van der Waals surface area contributed by atoms with Crippen molar-refractivity contribution in [3.05, 3.63) is 64.7 Å². The molecule has 1 aliphatic heterocycles. The third-order valence-corrected chi connectivity index (χ3v) is 5.71. The number of halogens is 1. The average Bonchev–Trinajstić information content (AvgIpc) is 2.79. The van der Waals surface area contributed by atoms with Gasteiger partial charge in [-0.15, -0.1) is 0 Å². The largest absolute Gasteiger partial charge is 0.352 e. The third kappa shape index (κ3) is 6.07. The Balaban J connectivity index is 1.57. The smallest absolute Gasteiger partial charge is 0.253 e. The molecule has 164 valence electrons. The summed E-state index contributed by atoms with van der Waals surface area (Å²) in [7, 11) is 0. The second-order valence-electron chi connectivity index (χ2n) is 7.72. The Morgan fingerprint density at radius 1 is 1.06 bits per heavy atom. The van der Waals surface area contributed by atoms with Gasteiger partial charge >= 0.3 is 0 Å². The molecule has 0 atom stereocenters. The van der Waals surface area contributed by atoms with Gasteiger partial charge in [0.25, 0.3) is 11.8 Å². The van der Waals surface area contributed by atoms with Crippen molar-refractivity contribution < 1.29 is 14.4 Å². The van der Waals surface area contributed by atoms with Gasteiger partial charge in [0.15, 0.2) is 0 Å². The van der Waals surface area contributed by atoms with Crippen LogP contribution < -0.4 is 10.6 Å². The molecule has 1 heterocycles. The zero-order valence-corrected chi connectivity index (χ0v) is 18.5. The maximum atomic E-state index is 12.8. The molecule has 2 aromatic rings. The molecule has 0 aliphatic carbocycles. The van der Waals surface area contributed by atoms with E-state index < -0.39 is 0 Å². The number of benzene rings is 2. The van der Waals surface area contributed by atoms with Crippen LogP contribution >= 0.6 is 11.6 Å². The van der Waals surface area contributed by atoms with Gasteiger partial charge in [-0.2, -0.15) is 0 Å². The standard InChI is InChI=1S/C24H28ClN3O3/c1-2-3-13-26-23(30)20-9-4-5-10-21(20)27-22(29)17-11-14-28(15-12-17)24(31)18-7-6-8-19(25)16-18/h4-10,16-17H,2-3,11-15H2,1H3,(H,26,30)(H,27,29). The molecule has 0 radical (unpaired) electrons. The molecule has 3 amide bonds. The minimum absolute atomic E-state index is 0.0737. The molecule has 7 heteroatoms. The van der Waals surface area contributed by atoms with Crippen molar-refractivity contribution in [3.8, 4) is 0 Å². The van der Waals surface area contributed by atoms with Gasteiger partial charge in [-0.25, -0.2) is 0 Å². The summed E-state index contributed by atoms with van der Waals surface area (Å²) in [5.74, 6) is -0.593. The van der Waals surface area contributed by atoms with E-state index in [9.17, 15) is 14.4 Å². The fraction of sp³-hybridized carbons (Fsp3) is 0.375. The van der Waals surface area contributed by atoms with Crippen molar-refractivity contribution in [3.63, 3.8) is 0 Å². The number of hydrogen-bond acceptors (Lipinski definition) is 3. The Labute approximate surface area is 188 Å². The van der Waals surface area contributed by atoms with Gasteiger partial charge in [0.2, 0.25) is 5.91 Å². The Bertz CT molecular complexity index is 939. The molecule has 6 nitrogen and oxygen atoms in total. The zero-order chi connectivity index (χ0) is 22.2. The number of unbranched alkanes of at least 4 members (excludes halogenated alkanes) is 1. The van der Waals surface area contributed by atoms with Gasteiger partial charge in [0, 0.05) is 36.1 Å². The molecule has 1 aliphatic rings. The molecule has 0 aromatic heterocycles. The Hall–Kier alpha value is -2.86. The quantitative estimate of drug-likeness (QED) is 0.626. The molecule has 1 saturated heterocycles. The summed E-state index contributed by atoms with van der Waals surface area (Å²) in [4.78, 5) is 39.7. The van der Waals surface area contributed by atoms with Crippen LogP contribution in [0.2, 0.25) is 5.02 Å². The highest BCUT2D eigenvalue weighted by molar-refractivity contribution is 6.30. The number of amides is 3. The van der Waals surface area contributed by atoms with Crippen LogP contribution in [0.25, 0.3) is 0 Å². The monoisotopic (exact) mass is 441 g/mol. The summed E-state index contributed by atoms with van der Waals surface area (Å²) in [5, 5.41) is 6.33. The maximum Gasteiger partial charge on any atom is 0.253 e. The highest BCUT2D eigenvalue weighted by atomic mass is 35.5. The topological polar surface area (TPSA) is 78.5 Å². The van der Waals surface area contributed by atoms with E-state index in [-0.39, 0.29) is 23.6 Å². The number of piperidine rings is 1. The Morgan fingerprint density at radius 2 is 1.81 bits per heavy atom. The molecule has 3 rings (SSSR count). The highest BCUT2D eigenvalue weighted by Crippen LogP contribution is 2.23. The molecular formula is C24H28ClN3O3. The lowest BCUT2D eigenvalue weighted by Crippen LogP contribution is -2.41. The molecule has 31 heavy (non-hydrogen) atoms. The molecule has 0 bridgehead atoms. The highest BCUT2D eigenvalue weighted by Gasteiger charge is 2.28. The number of carbonyl (C=O) groups is 3. The number of likely N-dealkylation sites (tertiary alicyclic amines) is 1. The third-order valence-electron chi connectivity index (χ3n) is 5.47. The van der Waals surface area contributed by atoms with E-state index in [2.05, 4.69) is 17.6 Å². The van der Waals surface area contributed by atoms with Gasteiger partial charge in [-0.05, 0) is 49.6 Å². The van der Waals surface area contributed by atoms with Crippen LogP contribution in [0.5, 0.6) is 0 Å². The first-order valence-electron chi connectivity index (χ1n) is 10.7. The molecule has 0 spiro atoms. The van der Waals surface area contributed by atoms with Crippen LogP contribution in [-0.4, -0.2) is 42.3 Å². The lowest BCUT2D eigenvalue weighted by molar-refractivity contribution is -0.121. The van der Waals surface area contributed by atoms with Crippen molar-refractivity contribution in [2.24, 2.45) is 5.92 Å². The zero-order valence-electron chi connectivity index (χ0n) is 17.7. The van der Waals surface area contributed by atoms with E-state index in [1.165, 1.54) is 0 Å². The lowest BCUT2D eigenvalue weighted by Gasteiger charge is -2.31. The molecule has 2 N–H and O–H groups in total. The summed E-state index contributed by atoms with van der Waals surface area (Å²) in [6.45, 7) is 3.68. The van der Waals surface area contributed by atoms with Crippen LogP contribution in [0.1, 0.15) is 53.3 Å². The minimum atomic E-state index is -0.209. The van der Waals surface area contributed by atoms with Crippen LogP contribution in [0.4, 0.5) is 5.69 Å². The maximum absolute atomic E-state index is 12.8. The number of rotatable bonds is 7. The van der Waals surface area contributed by atoms with E-state index in [0.29, 0.717) is 54.3 Å². The lowest BCUT2D eigenvalue weighted by atomic mass is 9.95. The van der Waals surface area contributed by atoms with E-state index in [1.54, 1.807) is 53.4 Å². The molecule has 1 fully saturated rings. The van der Waals surface area contributed by atoms with Crippen molar-refractivity contribution in [2.75, 3.05) is 25.0 Å². The van der Waals surface area contributed by atoms with Gasteiger partial charge in [-0.1, -0.05) is 43.1 Å². The van der Waals surface area contributed by atoms with Gasteiger partial charge in [-0.3, -0.25) is 14.4 Å². The number of nitrogens with zero attached hydrogens (tertiary/aromatic N) is 1. The van der Waals surface area contributed by atoms with E-state index >= 15 is 0 Å². The Kier molecular flexibility index (Phi) is 8.06. The van der Waals surface area contributed by atoms with E-state index in [0.717, 1.165) is 12.8 Å². The van der Waals surface area contributed by atoms with Crippen molar-refractivity contribution in [2.45, 2.75) is 32.6 Å². The summed E-state index contributed by atoms with van der Waals surface area (Å²) in [6.07, 6.45) is 3.05. The molecule has 2 aromatic carbocycles. The first-order valence-corrected chi connectivity index (χ1v) is 11.1. The van der Waals surface area contributed by atoms with Crippen LogP contribution in [0.3, 0.4) is 0 Å². The van der Waals surface area contributed by atoms with Crippen LogP contribution in [-0.2, 0) is 4.79 Å². The predicted octanol–water partition coefficient (Wildman–Crippen LogP) is 4.36. The van der Waals surface area contributed by atoms with Crippen molar-refractivity contribution in [1.82, 2.24) is 10.2 Å². The number of carbonyl (C=O) groups excluding carboxylic acids is 3. The summed E-state index contributed by atoms with van der Waals surface area (Å²) < 4.78 is 0. The first kappa shape index (κ1) is 22.8. The molecular weight excluding hydrogens is 414 g/mol. The first-order chi connectivity index (χ1) is 15.0. The fourth-order valence-corrected chi connectivity index (χ4v) is 3.84. The average molecular weight is 442 g/mol. The molecule has 0 saturated carbocycles. The van der Waals surface area contributed by atoms with Gasteiger partial charge in [0.1, 0.15) is 0 Å². The number of para-hydroxylation sites is 1. The second kappa shape index (κ2) is 11.0. The minimum Gasteiger partial charge on any atom is -0.352 e. The number of nitrogens with one attached hydrogen (secondary N) is 2. The van der Waals surface area contributed by atoms with Gasteiger partial charge < -0.3 is 15.5 Å². The fourth-order valence-electron chi connectivity index (χ4n) is 3.65. The number of anilines is 1. The van der Waals surface area contributed by atoms with E-state index in [4.69, 9.17) is 11.6 Å². The Morgan fingerprint density at radius 3 is 2.52 bits per heavy atom. The normalized spacial score (nSPS) is 14.2. The van der Waals surface area contributed by atoms with Crippen molar-refractivity contribution in [1.29, 1.82) is 0 Å².